The minimum absolute atomic E-state index is 0.00200. The Kier molecular flexibility index (Phi) is 3.30. The normalized spacial score (nSPS) is 31.6. The summed E-state index contributed by atoms with van der Waals surface area (Å²) in [5.41, 5.74) is 0. The zero-order valence-corrected chi connectivity index (χ0v) is 7.54. The third-order valence-corrected chi connectivity index (χ3v) is 1.80. The Bertz CT molecular complexity index is 117. The Morgan fingerprint density at radius 3 is 2.64 bits per heavy atom. The summed E-state index contributed by atoms with van der Waals surface area (Å²) in [6.45, 7) is 3.77. The van der Waals surface area contributed by atoms with E-state index in [1.165, 1.54) is 0 Å². The molecule has 0 saturated carbocycles. The molecule has 1 fully saturated rings. The molecule has 3 heteroatoms. The van der Waals surface area contributed by atoms with Gasteiger partial charge in [-0.15, -0.1) is 0 Å². The van der Waals surface area contributed by atoms with E-state index in [0.717, 1.165) is 19.6 Å². The van der Waals surface area contributed by atoms with Crippen LogP contribution in [-0.4, -0.2) is 44.5 Å². The molecule has 0 aliphatic carbocycles. The van der Waals surface area contributed by atoms with E-state index in [9.17, 15) is 0 Å². The predicted molar refractivity (Wildman–Crippen MR) is 43.5 cm³/mol. The second-order valence-electron chi connectivity index (χ2n) is 3.25. The number of ether oxygens (including phenoxy) is 2. The summed E-state index contributed by atoms with van der Waals surface area (Å²) in [6.07, 6.45) is 1.38. The van der Waals surface area contributed by atoms with Crippen LogP contribution < -0.4 is 0 Å². The van der Waals surface area contributed by atoms with Crippen LogP contribution in [0.15, 0.2) is 0 Å². The lowest BCUT2D eigenvalue weighted by Gasteiger charge is -2.12. The van der Waals surface area contributed by atoms with Crippen LogP contribution in [-0.2, 0) is 9.47 Å². The van der Waals surface area contributed by atoms with Crippen LogP contribution in [0, 0.1) is 0 Å². The Morgan fingerprint density at radius 1 is 1.45 bits per heavy atom. The lowest BCUT2D eigenvalue weighted by Crippen LogP contribution is -2.20. The maximum absolute atomic E-state index is 5.46. The monoisotopic (exact) mass is 159 g/mol. The van der Waals surface area contributed by atoms with E-state index in [0.29, 0.717) is 6.10 Å². The van der Waals surface area contributed by atoms with E-state index in [1.54, 1.807) is 0 Å². The summed E-state index contributed by atoms with van der Waals surface area (Å²) in [5.74, 6) is 0. The number of nitrogens with zero attached hydrogens (tertiary/aromatic N) is 1. The molecule has 1 heterocycles. The summed E-state index contributed by atoms with van der Waals surface area (Å²) in [4.78, 5) is 2.16. The van der Waals surface area contributed by atoms with Crippen molar-refractivity contribution >= 4 is 0 Å². The Morgan fingerprint density at radius 2 is 2.18 bits per heavy atom. The molecule has 1 aliphatic rings. The van der Waals surface area contributed by atoms with E-state index in [-0.39, 0.29) is 6.29 Å². The summed E-state index contributed by atoms with van der Waals surface area (Å²) in [7, 11) is 4.14. The zero-order valence-electron chi connectivity index (χ0n) is 7.54. The van der Waals surface area contributed by atoms with E-state index < -0.39 is 0 Å². The Labute approximate surface area is 68.3 Å². The number of hydrogen-bond acceptors (Lipinski definition) is 3. The van der Waals surface area contributed by atoms with Gasteiger partial charge in [0.1, 0.15) is 0 Å². The van der Waals surface area contributed by atoms with Crippen molar-refractivity contribution in [2.24, 2.45) is 0 Å². The van der Waals surface area contributed by atoms with Gasteiger partial charge in [0, 0.05) is 6.54 Å². The first kappa shape index (κ1) is 8.97. The first-order valence-electron chi connectivity index (χ1n) is 4.10. The zero-order chi connectivity index (χ0) is 8.27. The Balaban J connectivity index is 2.08. The third-order valence-electron chi connectivity index (χ3n) is 1.80. The van der Waals surface area contributed by atoms with Crippen molar-refractivity contribution in [2.45, 2.75) is 25.7 Å². The topological polar surface area (TPSA) is 21.7 Å². The standard InChI is InChI=1S/C8H17NO2/c1-7-10-6-8(11-7)4-5-9(2)3/h7-8H,4-6H2,1-3H3/t7-,8+/m0/s1. The van der Waals surface area contributed by atoms with Crippen LogP contribution in [0.5, 0.6) is 0 Å². The van der Waals surface area contributed by atoms with Crippen molar-refractivity contribution < 1.29 is 9.47 Å². The molecule has 66 valence electrons. The van der Waals surface area contributed by atoms with E-state index in [2.05, 4.69) is 19.0 Å². The third kappa shape index (κ3) is 3.18. The van der Waals surface area contributed by atoms with Gasteiger partial charge >= 0.3 is 0 Å². The molecule has 0 aromatic heterocycles. The number of rotatable bonds is 3. The number of hydrogen-bond donors (Lipinski definition) is 0. The van der Waals surface area contributed by atoms with Gasteiger partial charge < -0.3 is 14.4 Å². The van der Waals surface area contributed by atoms with Crippen LogP contribution >= 0.6 is 0 Å². The first-order valence-corrected chi connectivity index (χ1v) is 4.10. The summed E-state index contributed by atoms with van der Waals surface area (Å²) in [6, 6.07) is 0. The maximum Gasteiger partial charge on any atom is 0.155 e. The van der Waals surface area contributed by atoms with Crippen molar-refractivity contribution in [3.05, 3.63) is 0 Å². The van der Waals surface area contributed by atoms with Gasteiger partial charge in [-0.3, -0.25) is 0 Å². The highest BCUT2D eigenvalue weighted by atomic mass is 16.7. The second kappa shape index (κ2) is 4.04. The van der Waals surface area contributed by atoms with E-state index in [1.807, 2.05) is 6.92 Å². The van der Waals surface area contributed by atoms with Crippen LogP contribution in [0.3, 0.4) is 0 Å². The van der Waals surface area contributed by atoms with Crippen molar-refractivity contribution in [2.75, 3.05) is 27.2 Å². The summed E-state index contributed by atoms with van der Waals surface area (Å²) in [5, 5.41) is 0. The highest BCUT2D eigenvalue weighted by Gasteiger charge is 2.21. The van der Waals surface area contributed by atoms with Gasteiger partial charge in [0.15, 0.2) is 6.29 Å². The molecule has 0 bridgehead atoms. The largest absolute Gasteiger partial charge is 0.350 e. The molecular weight excluding hydrogens is 142 g/mol. The lowest BCUT2D eigenvalue weighted by molar-refractivity contribution is -0.0438. The van der Waals surface area contributed by atoms with Gasteiger partial charge in [-0.25, -0.2) is 0 Å². The fourth-order valence-electron chi connectivity index (χ4n) is 1.15. The van der Waals surface area contributed by atoms with Crippen molar-refractivity contribution in [3.63, 3.8) is 0 Å². The van der Waals surface area contributed by atoms with E-state index >= 15 is 0 Å². The van der Waals surface area contributed by atoms with Gasteiger partial charge in [0.05, 0.1) is 12.7 Å². The van der Waals surface area contributed by atoms with Crippen molar-refractivity contribution in [3.8, 4) is 0 Å². The molecule has 11 heavy (non-hydrogen) atoms. The quantitative estimate of drug-likeness (QED) is 0.605. The fourth-order valence-corrected chi connectivity index (χ4v) is 1.15. The van der Waals surface area contributed by atoms with Gasteiger partial charge in [0.2, 0.25) is 0 Å². The molecule has 2 atom stereocenters. The average Bonchev–Trinajstić information content (AvgIpc) is 2.31. The molecule has 1 aliphatic heterocycles. The minimum Gasteiger partial charge on any atom is -0.350 e. The van der Waals surface area contributed by atoms with Crippen LogP contribution in [0.25, 0.3) is 0 Å². The molecule has 0 amide bonds. The van der Waals surface area contributed by atoms with Crippen molar-refractivity contribution in [1.29, 1.82) is 0 Å². The highest BCUT2D eigenvalue weighted by molar-refractivity contribution is 4.64. The van der Waals surface area contributed by atoms with Crippen LogP contribution in [0.1, 0.15) is 13.3 Å². The fraction of sp³-hybridized carbons (Fsp3) is 1.00. The smallest absolute Gasteiger partial charge is 0.155 e. The first-order chi connectivity index (χ1) is 5.18. The molecule has 0 spiro atoms. The maximum atomic E-state index is 5.46. The molecule has 0 radical (unpaired) electrons. The molecule has 1 rings (SSSR count). The molecule has 0 unspecified atom stereocenters. The molecule has 3 nitrogen and oxygen atoms in total. The summed E-state index contributed by atoms with van der Waals surface area (Å²) < 4.78 is 10.7. The Hall–Kier alpha value is -0.120. The highest BCUT2D eigenvalue weighted by Crippen LogP contribution is 2.13. The van der Waals surface area contributed by atoms with Crippen LogP contribution in [0.4, 0.5) is 0 Å². The SMILES string of the molecule is C[C@H]1OC[C@@H](CCN(C)C)O1. The predicted octanol–water partition coefficient (Wildman–Crippen LogP) is 0.700. The molecule has 0 aromatic carbocycles. The molecule has 0 N–H and O–H groups in total. The van der Waals surface area contributed by atoms with Gasteiger partial charge in [-0.05, 0) is 27.4 Å². The minimum atomic E-state index is 0.00200. The molecule has 0 aromatic rings. The van der Waals surface area contributed by atoms with Crippen molar-refractivity contribution in [1.82, 2.24) is 4.90 Å². The van der Waals surface area contributed by atoms with E-state index in [4.69, 9.17) is 9.47 Å². The lowest BCUT2D eigenvalue weighted by atomic mass is 10.2. The molecule has 1 saturated heterocycles. The van der Waals surface area contributed by atoms with Gasteiger partial charge in [-0.1, -0.05) is 0 Å². The van der Waals surface area contributed by atoms with Gasteiger partial charge in [-0.2, -0.15) is 0 Å². The average molecular weight is 159 g/mol. The second-order valence-corrected chi connectivity index (χ2v) is 3.25. The van der Waals surface area contributed by atoms with Gasteiger partial charge in [0.25, 0.3) is 0 Å². The molecular formula is C8H17NO2. The summed E-state index contributed by atoms with van der Waals surface area (Å²) >= 11 is 0. The van der Waals surface area contributed by atoms with Crippen LogP contribution in [0.2, 0.25) is 0 Å².